The van der Waals surface area contributed by atoms with Crippen molar-refractivity contribution in [3.05, 3.63) is 59.2 Å². The molecule has 7 nitrogen and oxygen atoms in total. The summed E-state index contributed by atoms with van der Waals surface area (Å²) >= 11 is 5.25. The molecule has 0 saturated carbocycles. The van der Waals surface area contributed by atoms with Crippen LogP contribution in [0.15, 0.2) is 47.4 Å². The number of rotatable bonds is 6. The molecule has 0 aliphatic heterocycles. The predicted octanol–water partition coefficient (Wildman–Crippen LogP) is 2.49. The monoisotopic (exact) mass is 420 g/mol. The summed E-state index contributed by atoms with van der Waals surface area (Å²) in [6, 6.07) is 11.6. The Bertz CT molecular complexity index is 958. The van der Waals surface area contributed by atoms with Crippen molar-refractivity contribution in [2.75, 3.05) is 11.9 Å². The summed E-state index contributed by atoms with van der Waals surface area (Å²) in [7, 11) is -3.55. The van der Waals surface area contributed by atoms with Crippen LogP contribution < -0.4 is 20.9 Å². The number of nitrogens with one attached hydrogen (secondary N) is 4. The number of carbonyl (C=O) groups excluding carboxylic acids is 1. The van der Waals surface area contributed by atoms with E-state index in [0.717, 1.165) is 23.2 Å². The maximum absolute atomic E-state index is 12.3. The van der Waals surface area contributed by atoms with Crippen molar-refractivity contribution in [1.82, 2.24) is 15.6 Å². The summed E-state index contributed by atoms with van der Waals surface area (Å²) in [6.45, 7) is 6.02. The summed E-state index contributed by atoms with van der Waals surface area (Å²) in [6.07, 6.45) is 0.848. The average Bonchev–Trinajstić information content (AvgIpc) is 2.67. The van der Waals surface area contributed by atoms with Gasteiger partial charge in [-0.3, -0.25) is 15.6 Å². The van der Waals surface area contributed by atoms with Crippen LogP contribution in [0, 0.1) is 6.92 Å². The molecule has 0 aliphatic carbocycles. The first-order chi connectivity index (χ1) is 13.3. The minimum absolute atomic E-state index is 0.0997. The van der Waals surface area contributed by atoms with Crippen LogP contribution in [0.3, 0.4) is 0 Å². The summed E-state index contributed by atoms with van der Waals surface area (Å²) in [4.78, 5) is 12.4. The minimum Gasteiger partial charge on any atom is -0.331 e. The lowest BCUT2D eigenvalue weighted by atomic mass is 10.1. The molecule has 0 fully saturated rings. The Labute approximate surface area is 170 Å². The van der Waals surface area contributed by atoms with E-state index < -0.39 is 15.9 Å². The molecule has 2 aromatic rings. The fourth-order valence-corrected chi connectivity index (χ4v) is 3.79. The van der Waals surface area contributed by atoms with Crippen molar-refractivity contribution in [1.29, 1.82) is 0 Å². The van der Waals surface area contributed by atoms with E-state index in [9.17, 15) is 13.2 Å². The molecule has 0 bridgehead atoms. The average molecular weight is 421 g/mol. The molecule has 0 saturated heterocycles. The Hall–Kier alpha value is -2.49. The molecule has 0 aliphatic rings. The van der Waals surface area contributed by atoms with Crippen LogP contribution in [-0.2, 0) is 16.4 Å². The third-order valence-corrected chi connectivity index (χ3v) is 5.79. The van der Waals surface area contributed by atoms with Crippen molar-refractivity contribution in [3.63, 3.8) is 0 Å². The maximum Gasteiger partial charge on any atom is 0.269 e. The van der Waals surface area contributed by atoms with E-state index in [1.54, 1.807) is 6.92 Å². The molecule has 0 aromatic heterocycles. The van der Waals surface area contributed by atoms with Gasteiger partial charge in [-0.15, -0.1) is 0 Å². The zero-order valence-electron chi connectivity index (χ0n) is 16.0. The topological polar surface area (TPSA) is 99.3 Å². The summed E-state index contributed by atoms with van der Waals surface area (Å²) in [5.74, 6) is -0.433. The third-order valence-electron chi connectivity index (χ3n) is 4.03. The van der Waals surface area contributed by atoms with Gasteiger partial charge >= 0.3 is 0 Å². The number of carbonyl (C=O) groups is 1. The van der Waals surface area contributed by atoms with Gasteiger partial charge in [0.1, 0.15) is 0 Å². The number of para-hydroxylation sites is 1. The van der Waals surface area contributed by atoms with Gasteiger partial charge in [0.25, 0.3) is 5.91 Å². The highest BCUT2D eigenvalue weighted by Gasteiger charge is 2.14. The second-order valence-electron chi connectivity index (χ2n) is 6.02. The highest BCUT2D eigenvalue weighted by atomic mass is 32.2. The molecule has 0 heterocycles. The van der Waals surface area contributed by atoms with Gasteiger partial charge in [0, 0.05) is 17.8 Å². The fraction of sp³-hybridized carbons (Fsp3) is 0.263. The molecule has 28 heavy (non-hydrogen) atoms. The van der Waals surface area contributed by atoms with Gasteiger partial charge in [-0.1, -0.05) is 32.0 Å². The molecule has 9 heteroatoms. The first-order valence-electron chi connectivity index (χ1n) is 8.84. The number of hydrogen-bond donors (Lipinski definition) is 4. The first kappa shape index (κ1) is 21.8. The highest BCUT2D eigenvalue weighted by molar-refractivity contribution is 7.89. The molecular formula is C19H24N4O3S2. The second kappa shape index (κ2) is 9.63. The van der Waals surface area contributed by atoms with E-state index in [4.69, 9.17) is 12.2 Å². The Morgan fingerprint density at radius 1 is 1.04 bits per heavy atom. The van der Waals surface area contributed by atoms with E-state index >= 15 is 0 Å². The van der Waals surface area contributed by atoms with Crippen molar-refractivity contribution in [2.24, 2.45) is 0 Å². The lowest BCUT2D eigenvalue weighted by Crippen LogP contribution is -2.44. The zero-order chi connectivity index (χ0) is 20.7. The van der Waals surface area contributed by atoms with Gasteiger partial charge in [0.15, 0.2) is 5.11 Å². The molecule has 2 aromatic carbocycles. The minimum atomic E-state index is -3.55. The zero-order valence-corrected chi connectivity index (χ0v) is 17.6. The van der Waals surface area contributed by atoms with E-state index in [0.29, 0.717) is 12.1 Å². The third kappa shape index (κ3) is 5.51. The van der Waals surface area contributed by atoms with Gasteiger partial charge < -0.3 is 5.32 Å². The molecule has 0 unspecified atom stereocenters. The largest absolute Gasteiger partial charge is 0.331 e. The van der Waals surface area contributed by atoms with E-state index in [1.165, 1.54) is 24.3 Å². The molecule has 0 radical (unpaired) electrons. The molecule has 2 rings (SSSR count). The number of sulfonamides is 1. The molecule has 1 amide bonds. The Kier molecular flexibility index (Phi) is 7.50. The van der Waals surface area contributed by atoms with Crippen molar-refractivity contribution >= 4 is 38.9 Å². The maximum atomic E-state index is 12.3. The highest BCUT2D eigenvalue weighted by Crippen LogP contribution is 2.20. The summed E-state index contributed by atoms with van der Waals surface area (Å²) in [5.41, 5.74) is 8.55. The molecule has 0 spiro atoms. The van der Waals surface area contributed by atoms with Crippen LogP contribution in [0.4, 0.5) is 5.69 Å². The van der Waals surface area contributed by atoms with Crippen LogP contribution in [-0.4, -0.2) is 26.0 Å². The first-order valence-corrected chi connectivity index (χ1v) is 10.7. The molecular weight excluding hydrogens is 396 g/mol. The Balaban J connectivity index is 1.98. The molecule has 150 valence electrons. The van der Waals surface area contributed by atoms with E-state index in [2.05, 4.69) is 27.8 Å². The predicted molar refractivity (Wildman–Crippen MR) is 115 cm³/mol. The lowest BCUT2D eigenvalue weighted by molar-refractivity contribution is 0.0944. The van der Waals surface area contributed by atoms with Gasteiger partial charge in [-0.25, -0.2) is 13.1 Å². The van der Waals surface area contributed by atoms with Crippen LogP contribution in [0.1, 0.15) is 35.3 Å². The second-order valence-corrected chi connectivity index (χ2v) is 8.20. The van der Waals surface area contributed by atoms with Crippen molar-refractivity contribution in [3.8, 4) is 0 Å². The molecule has 4 N–H and O–H groups in total. The van der Waals surface area contributed by atoms with E-state index in [1.807, 2.05) is 25.1 Å². The number of hydrazine groups is 1. The van der Waals surface area contributed by atoms with Gasteiger partial charge in [0.2, 0.25) is 10.0 Å². The number of aryl methyl sites for hydroxylation is 2. The van der Waals surface area contributed by atoms with Gasteiger partial charge in [0.05, 0.1) is 4.90 Å². The van der Waals surface area contributed by atoms with Crippen LogP contribution in [0.25, 0.3) is 0 Å². The van der Waals surface area contributed by atoms with Crippen LogP contribution >= 0.6 is 12.2 Å². The number of hydrogen-bond acceptors (Lipinski definition) is 4. The standard InChI is InChI=1S/C19H24N4O3S2/c1-4-14-8-6-7-13(3)17(14)21-19(27)23-22-18(24)15-9-11-16(12-10-15)28(25,26)20-5-2/h6-12,20H,4-5H2,1-3H3,(H,22,24)(H2,21,23,27). The smallest absolute Gasteiger partial charge is 0.269 e. The SMILES string of the molecule is CCNS(=O)(=O)c1ccc(C(=O)NNC(=S)Nc2c(C)cccc2CC)cc1. The van der Waals surface area contributed by atoms with Crippen molar-refractivity contribution in [2.45, 2.75) is 32.1 Å². The van der Waals surface area contributed by atoms with Crippen LogP contribution in [0.5, 0.6) is 0 Å². The van der Waals surface area contributed by atoms with Crippen LogP contribution in [0.2, 0.25) is 0 Å². The van der Waals surface area contributed by atoms with Crippen molar-refractivity contribution < 1.29 is 13.2 Å². The summed E-state index contributed by atoms with van der Waals surface area (Å²) < 4.78 is 26.3. The number of thiocarbonyl (C=S) groups is 1. The lowest BCUT2D eigenvalue weighted by Gasteiger charge is -2.16. The molecule has 0 atom stereocenters. The van der Waals surface area contributed by atoms with Gasteiger partial charge in [-0.05, 0) is 61.0 Å². The summed E-state index contributed by atoms with van der Waals surface area (Å²) in [5, 5.41) is 3.35. The van der Waals surface area contributed by atoms with E-state index in [-0.39, 0.29) is 10.0 Å². The number of anilines is 1. The normalized spacial score (nSPS) is 11.0. The number of benzene rings is 2. The fourth-order valence-electron chi connectivity index (χ4n) is 2.59. The van der Waals surface area contributed by atoms with Gasteiger partial charge in [-0.2, -0.15) is 0 Å². The quantitative estimate of drug-likeness (QED) is 0.423. The Morgan fingerprint density at radius 3 is 2.32 bits per heavy atom. The Morgan fingerprint density at radius 2 is 1.71 bits per heavy atom. The number of amides is 1.